The van der Waals surface area contributed by atoms with E-state index in [1.165, 1.54) is 11.8 Å². The molecule has 0 aromatic rings. The van der Waals surface area contributed by atoms with Crippen molar-refractivity contribution in [2.24, 2.45) is 10.8 Å². The average molecular weight is 118 g/mol. The van der Waals surface area contributed by atoms with Gasteiger partial charge in [0, 0.05) is 0 Å². The van der Waals surface area contributed by atoms with Crippen LogP contribution in [0, 0.1) is 5.21 Å². The lowest BCUT2D eigenvalue weighted by Gasteiger charge is -2.15. The third-order valence-electron chi connectivity index (χ3n) is 0.533. The van der Waals surface area contributed by atoms with E-state index in [1.54, 1.807) is 0 Å². The van der Waals surface area contributed by atoms with Crippen molar-refractivity contribution in [1.29, 1.82) is 0 Å². The molecule has 0 saturated heterocycles. The normalized spacial score (nSPS) is 20.1. The highest BCUT2D eigenvalue weighted by Crippen LogP contribution is 2.10. The van der Waals surface area contributed by atoms with Gasteiger partial charge in [0.25, 0.3) is 0 Å². The van der Waals surface area contributed by atoms with Gasteiger partial charge in [-0.25, -0.2) is 0 Å². The highest BCUT2D eigenvalue weighted by molar-refractivity contribution is 8.13. The number of thioether (sulfide) groups is 1. The van der Waals surface area contributed by atoms with Crippen LogP contribution in [0.5, 0.6) is 0 Å². The van der Waals surface area contributed by atoms with Gasteiger partial charge in [-0.2, -0.15) is 5.10 Å². The lowest BCUT2D eigenvalue weighted by Crippen LogP contribution is -2.02. The molecule has 1 aliphatic rings. The number of hydrogen-bond acceptors (Lipinski definition) is 5. The van der Waals surface area contributed by atoms with Gasteiger partial charge in [-0.3, -0.25) is 0 Å². The number of hydrogen-bond donors (Lipinski definition) is 1. The maximum atomic E-state index is 10.1. The van der Waals surface area contributed by atoms with Gasteiger partial charge < -0.3 is 16.1 Å². The van der Waals surface area contributed by atoms with E-state index >= 15 is 0 Å². The third-order valence-corrected chi connectivity index (χ3v) is 1.26. The molecule has 0 atom stereocenters. The molecule has 0 spiro atoms. The second-order valence-electron chi connectivity index (χ2n) is 1.06. The number of rotatable bonds is 0. The first-order valence-corrected chi connectivity index (χ1v) is 2.69. The Morgan fingerprint density at radius 2 is 2.71 bits per heavy atom. The number of nitrogens with zero attached hydrogens (tertiary/aromatic N) is 2. The summed E-state index contributed by atoms with van der Waals surface area (Å²) in [4.78, 5) is 0. The van der Waals surface area contributed by atoms with Gasteiger partial charge >= 0.3 is 0 Å². The minimum atomic E-state index is 0.339. The predicted molar refractivity (Wildman–Crippen MR) is 29.3 cm³/mol. The van der Waals surface area contributed by atoms with Gasteiger partial charge in [0.05, 0.1) is 5.88 Å². The monoisotopic (exact) mass is 118 g/mol. The van der Waals surface area contributed by atoms with Crippen molar-refractivity contribution in [3.63, 3.8) is 0 Å². The highest BCUT2D eigenvalue weighted by Gasteiger charge is 2.01. The summed E-state index contributed by atoms with van der Waals surface area (Å²) in [6.07, 6.45) is 0. The Hall–Kier alpha value is -0.420. The van der Waals surface area contributed by atoms with E-state index < -0.39 is 0 Å². The Balaban J connectivity index is 2.50. The van der Waals surface area contributed by atoms with E-state index in [2.05, 4.69) is 5.10 Å². The minimum absolute atomic E-state index is 0.339. The summed E-state index contributed by atoms with van der Waals surface area (Å²) in [7, 11) is 0. The molecule has 5 heteroatoms. The molecular formula is C2H4N3OS-. The smallest absolute Gasteiger partial charge is 0.178 e. The Morgan fingerprint density at radius 1 is 2.00 bits per heavy atom. The molecule has 2 N–H and O–H groups in total. The second kappa shape index (κ2) is 1.59. The fourth-order valence-electron chi connectivity index (χ4n) is 0.289. The van der Waals surface area contributed by atoms with Crippen LogP contribution in [0.15, 0.2) is 5.10 Å². The van der Waals surface area contributed by atoms with Crippen LogP contribution < -0.4 is 5.73 Å². The number of amidine groups is 1. The minimum Gasteiger partial charge on any atom is -0.741 e. The first-order chi connectivity index (χ1) is 3.29. The largest absolute Gasteiger partial charge is 0.741 e. The van der Waals surface area contributed by atoms with Crippen LogP contribution in [0.4, 0.5) is 0 Å². The summed E-state index contributed by atoms with van der Waals surface area (Å²) in [5.41, 5.74) is 5.10. The van der Waals surface area contributed by atoms with Gasteiger partial charge in [0.1, 0.15) is 0 Å². The van der Waals surface area contributed by atoms with Crippen LogP contribution in [0.25, 0.3) is 0 Å². The SMILES string of the molecule is NC1=NN([O-])CS1. The molecular weight excluding hydrogens is 114 g/mol. The molecule has 0 radical (unpaired) electrons. The van der Waals surface area contributed by atoms with Crippen molar-refractivity contribution in [2.45, 2.75) is 0 Å². The molecule has 40 valence electrons. The molecule has 1 aliphatic heterocycles. The van der Waals surface area contributed by atoms with Crippen LogP contribution in [-0.4, -0.2) is 16.2 Å². The summed E-state index contributed by atoms with van der Waals surface area (Å²) in [6.45, 7) is 0. The van der Waals surface area contributed by atoms with Crippen LogP contribution >= 0.6 is 11.8 Å². The lowest BCUT2D eigenvalue weighted by atomic mass is 11.3. The number of hydrazone groups is 1. The molecule has 0 amide bonds. The van der Waals surface area contributed by atoms with Crippen LogP contribution in [0.1, 0.15) is 0 Å². The van der Waals surface area contributed by atoms with E-state index in [9.17, 15) is 5.21 Å². The number of hydroxylamine groups is 1. The summed E-state index contributed by atoms with van der Waals surface area (Å²) in [5, 5.41) is 14.3. The van der Waals surface area contributed by atoms with E-state index in [0.29, 0.717) is 16.2 Å². The van der Waals surface area contributed by atoms with E-state index in [1.807, 2.05) is 0 Å². The van der Waals surface area contributed by atoms with E-state index in [0.717, 1.165) is 0 Å². The molecule has 0 aromatic carbocycles. The van der Waals surface area contributed by atoms with Gasteiger partial charge in [-0.05, 0) is 0 Å². The first-order valence-electron chi connectivity index (χ1n) is 1.70. The predicted octanol–water partition coefficient (Wildman–Crippen LogP) is -0.280. The Morgan fingerprint density at radius 3 is 2.86 bits per heavy atom. The van der Waals surface area contributed by atoms with E-state index in [4.69, 9.17) is 5.73 Å². The summed E-state index contributed by atoms with van der Waals surface area (Å²) in [6, 6.07) is 0. The van der Waals surface area contributed by atoms with Crippen LogP contribution in [-0.2, 0) is 0 Å². The lowest BCUT2D eigenvalue weighted by molar-refractivity contribution is 0.484. The van der Waals surface area contributed by atoms with Crippen molar-refractivity contribution < 1.29 is 0 Å². The zero-order chi connectivity index (χ0) is 5.28. The standard InChI is InChI=1S/C2H4N3OS/c3-2-4-5(6)1-7-2/h1H2,(H2,3,4)/q-1. The molecule has 0 fully saturated rings. The zero-order valence-corrected chi connectivity index (χ0v) is 4.31. The van der Waals surface area contributed by atoms with Crippen molar-refractivity contribution >= 4 is 16.9 Å². The molecule has 0 unspecified atom stereocenters. The fraction of sp³-hybridized carbons (Fsp3) is 0.500. The van der Waals surface area contributed by atoms with Crippen molar-refractivity contribution in [2.75, 3.05) is 5.88 Å². The maximum Gasteiger partial charge on any atom is 0.178 e. The Labute approximate surface area is 44.9 Å². The fourth-order valence-corrected chi connectivity index (χ4v) is 0.738. The molecule has 0 bridgehead atoms. The van der Waals surface area contributed by atoms with Gasteiger partial charge in [-0.15, -0.1) is 0 Å². The highest BCUT2D eigenvalue weighted by atomic mass is 32.2. The maximum absolute atomic E-state index is 10.1. The van der Waals surface area contributed by atoms with Gasteiger partial charge in [-0.1, -0.05) is 11.8 Å². The molecule has 0 saturated carbocycles. The van der Waals surface area contributed by atoms with Gasteiger partial charge in [0.2, 0.25) is 0 Å². The third kappa shape index (κ3) is 0.971. The molecule has 1 rings (SSSR count). The summed E-state index contributed by atoms with van der Waals surface area (Å²) >= 11 is 1.25. The van der Waals surface area contributed by atoms with E-state index in [-0.39, 0.29) is 0 Å². The molecule has 0 aliphatic carbocycles. The van der Waals surface area contributed by atoms with Crippen LogP contribution in [0.2, 0.25) is 0 Å². The average Bonchev–Trinajstić information content (AvgIpc) is 1.87. The quantitative estimate of drug-likeness (QED) is 0.475. The molecule has 4 nitrogen and oxygen atoms in total. The topological polar surface area (TPSA) is 64.7 Å². The Kier molecular flexibility index (Phi) is 1.07. The zero-order valence-electron chi connectivity index (χ0n) is 3.50. The molecule has 7 heavy (non-hydrogen) atoms. The first kappa shape index (κ1) is 4.73. The van der Waals surface area contributed by atoms with Crippen LogP contribution in [0.3, 0.4) is 0 Å². The summed E-state index contributed by atoms with van der Waals surface area (Å²) < 4.78 is 0. The van der Waals surface area contributed by atoms with Crippen molar-refractivity contribution in [1.82, 2.24) is 5.17 Å². The Bertz CT molecular complexity index is 103. The summed E-state index contributed by atoms with van der Waals surface area (Å²) in [5.74, 6) is 0.339. The molecule has 0 aromatic heterocycles. The van der Waals surface area contributed by atoms with Crippen molar-refractivity contribution in [3.8, 4) is 0 Å². The van der Waals surface area contributed by atoms with Gasteiger partial charge in [0.15, 0.2) is 5.17 Å². The molecule has 1 heterocycles. The number of nitrogens with two attached hydrogens (primary N) is 1. The second-order valence-corrected chi connectivity index (χ2v) is 2.03. The van der Waals surface area contributed by atoms with Crippen molar-refractivity contribution in [3.05, 3.63) is 5.21 Å².